The van der Waals surface area contributed by atoms with Crippen LogP contribution in [0, 0.1) is 0 Å². The molecule has 30 heavy (non-hydrogen) atoms. The Morgan fingerprint density at radius 1 is 0.467 bits per heavy atom. The van der Waals surface area contributed by atoms with E-state index >= 15 is 0 Å². The second kappa shape index (κ2) is 10.1. The van der Waals surface area contributed by atoms with E-state index in [1.807, 2.05) is 21.6 Å². The third-order valence-corrected chi connectivity index (χ3v) is 7.88. The summed E-state index contributed by atoms with van der Waals surface area (Å²) in [6.07, 6.45) is 2.08. The van der Waals surface area contributed by atoms with Crippen molar-refractivity contribution in [1.82, 2.24) is 0 Å². The average molecular weight is 427 g/mol. The largest absolute Gasteiger partial charge is 0.0622 e. The Balaban J connectivity index is 1.54. The number of benzene rings is 4. The molecule has 0 unspecified atom stereocenters. The van der Waals surface area contributed by atoms with Gasteiger partial charge in [0.1, 0.15) is 0 Å². The van der Waals surface area contributed by atoms with Crippen LogP contribution in [0.15, 0.2) is 107 Å². The first-order chi connectivity index (χ1) is 14.8. The highest BCUT2D eigenvalue weighted by molar-refractivity contribution is 8.76. The molecule has 0 saturated heterocycles. The first-order valence-electron chi connectivity index (χ1n) is 10.5. The molecule has 0 radical (unpaired) electrons. The topological polar surface area (TPSA) is 0 Å². The maximum absolute atomic E-state index is 2.34. The van der Waals surface area contributed by atoms with Gasteiger partial charge in [-0.15, -0.1) is 0 Å². The van der Waals surface area contributed by atoms with Crippen LogP contribution in [0.2, 0.25) is 0 Å². The van der Waals surface area contributed by atoms with E-state index in [9.17, 15) is 0 Å². The van der Waals surface area contributed by atoms with Gasteiger partial charge in [-0.1, -0.05) is 120 Å². The molecule has 0 amide bonds. The van der Waals surface area contributed by atoms with Gasteiger partial charge in [-0.25, -0.2) is 0 Å². The first-order valence-corrected chi connectivity index (χ1v) is 12.6. The summed E-state index contributed by atoms with van der Waals surface area (Å²) in [5.74, 6) is 0. The molecule has 4 aromatic carbocycles. The Labute approximate surface area is 188 Å². The lowest BCUT2D eigenvalue weighted by Gasteiger charge is -2.13. The lowest BCUT2D eigenvalue weighted by Crippen LogP contribution is -1.88. The van der Waals surface area contributed by atoms with E-state index in [1.54, 1.807) is 0 Å². The van der Waals surface area contributed by atoms with Crippen LogP contribution in [0.5, 0.6) is 0 Å². The Bertz CT molecular complexity index is 1010. The van der Waals surface area contributed by atoms with Crippen LogP contribution >= 0.6 is 21.6 Å². The quantitative estimate of drug-likeness (QED) is 0.270. The van der Waals surface area contributed by atoms with Crippen molar-refractivity contribution in [3.63, 3.8) is 0 Å². The van der Waals surface area contributed by atoms with Gasteiger partial charge in [0.15, 0.2) is 0 Å². The van der Waals surface area contributed by atoms with Crippen LogP contribution in [-0.4, -0.2) is 0 Å². The first kappa shape index (κ1) is 20.8. The third kappa shape index (κ3) is 4.83. The minimum atomic E-state index is 1.04. The number of aryl methyl sites for hydroxylation is 2. The molecule has 0 spiro atoms. The predicted octanol–water partition coefficient (Wildman–Crippen LogP) is 8.94. The molecule has 2 heteroatoms. The second-order valence-corrected chi connectivity index (χ2v) is 9.46. The van der Waals surface area contributed by atoms with E-state index in [4.69, 9.17) is 0 Å². The molecular weight excluding hydrogens is 400 g/mol. The molecular formula is C28H26S2. The fourth-order valence-corrected chi connectivity index (χ4v) is 6.15. The van der Waals surface area contributed by atoms with E-state index in [-0.39, 0.29) is 0 Å². The zero-order valence-electron chi connectivity index (χ0n) is 17.5. The highest BCUT2D eigenvalue weighted by atomic mass is 33.1. The summed E-state index contributed by atoms with van der Waals surface area (Å²) in [4.78, 5) is 2.72. The molecule has 150 valence electrons. The maximum Gasteiger partial charge on any atom is 0.0218 e. The van der Waals surface area contributed by atoms with Gasteiger partial charge in [0.05, 0.1) is 0 Å². The Kier molecular flexibility index (Phi) is 6.99. The molecule has 0 bridgehead atoms. The van der Waals surface area contributed by atoms with Gasteiger partial charge in [0, 0.05) is 9.79 Å². The van der Waals surface area contributed by atoms with Gasteiger partial charge in [-0.05, 0) is 58.4 Å². The summed E-state index contributed by atoms with van der Waals surface area (Å²) >= 11 is 0. The SMILES string of the molecule is CCc1cc(-c2ccccc2)ccc1SSc1ccc(-c2ccccc2)cc1CC. The normalized spacial score (nSPS) is 10.9. The minimum Gasteiger partial charge on any atom is -0.0622 e. The van der Waals surface area contributed by atoms with Crippen LogP contribution in [0.25, 0.3) is 22.3 Å². The van der Waals surface area contributed by atoms with Crippen molar-refractivity contribution in [3.05, 3.63) is 108 Å². The lowest BCUT2D eigenvalue weighted by atomic mass is 10.0. The Morgan fingerprint density at radius 3 is 1.23 bits per heavy atom. The Hall–Kier alpha value is -2.42. The molecule has 0 fully saturated rings. The fraction of sp³-hybridized carbons (Fsp3) is 0.143. The number of hydrogen-bond donors (Lipinski definition) is 0. The third-order valence-electron chi connectivity index (χ3n) is 5.32. The summed E-state index contributed by atoms with van der Waals surface area (Å²) in [5.41, 5.74) is 7.97. The van der Waals surface area contributed by atoms with Crippen LogP contribution < -0.4 is 0 Å². The minimum absolute atomic E-state index is 1.04. The molecule has 0 aromatic heterocycles. The van der Waals surface area contributed by atoms with Crippen LogP contribution in [0.1, 0.15) is 25.0 Å². The van der Waals surface area contributed by atoms with Gasteiger partial charge in [-0.2, -0.15) is 0 Å². The summed E-state index contributed by atoms with van der Waals surface area (Å²) in [6.45, 7) is 4.48. The molecule has 0 aliphatic rings. The Morgan fingerprint density at radius 2 is 0.867 bits per heavy atom. The zero-order chi connectivity index (χ0) is 20.8. The maximum atomic E-state index is 2.34. The predicted molar refractivity (Wildman–Crippen MR) is 134 cm³/mol. The van der Waals surface area contributed by atoms with E-state index in [2.05, 4.69) is 111 Å². The summed E-state index contributed by atoms with van der Waals surface area (Å²) in [6, 6.07) is 35.0. The van der Waals surface area contributed by atoms with Gasteiger partial charge < -0.3 is 0 Å². The van der Waals surface area contributed by atoms with Crippen molar-refractivity contribution < 1.29 is 0 Å². The van der Waals surface area contributed by atoms with Crippen molar-refractivity contribution in [3.8, 4) is 22.3 Å². The van der Waals surface area contributed by atoms with Crippen molar-refractivity contribution in [2.75, 3.05) is 0 Å². The molecule has 4 rings (SSSR count). The van der Waals surface area contributed by atoms with Gasteiger partial charge in [0.25, 0.3) is 0 Å². The van der Waals surface area contributed by atoms with Crippen molar-refractivity contribution in [2.45, 2.75) is 36.5 Å². The van der Waals surface area contributed by atoms with E-state index in [0.717, 1.165) is 12.8 Å². The highest BCUT2D eigenvalue weighted by Gasteiger charge is 2.09. The van der Waals surface area contributed by atoms with Gasteiger partial charge >= 0.3 is 0 Å². The van der Waals surface area contributed by atoms with Gasteiger partial charge in [0.2, 0.25) is 0 Å². The van der Waals surface area contributed by atoms with E-state index < -0.39 is 0 Å². The number of hydrogen-bond acceptors (Lipinski definition) is 2. The van der Waals surface area contributed by atoms with Gasteiger partial charge in [-0.3, -0.25) is 0 Å². The molecule has 0 aliphatic heterocycles. The summed E-state index contributed by atoms with van der Waals surface area (Å²) in [5, 5.41) is 0. The molecule has 0 saturated carbocycles. The highest BCUT2D eigenvalue weighted by Crippen LogP contribution is 2.42. The van der Waals surface area contributed by atoms with E-state index in [0.29, 0.717) is 0 Å². The lowest BCUT2D eigenvalue weighted by molar-refractivity contribution is 1.08. The molecule has 0 aliphatic carbocycles. The fourth-order valence-electron chi connectivity index (χ4n) is 3.58. The second-order valence-electron chi connectivity index (χ2n) is 7.25. The standard InChI is InChI=1S/C28H26S2/c1-3-21-19-25(23-11-7-5-8-12-23)15-17-27(21)29-30-28-18-16-26(20-22(28)4-2)24-13-9-6-10-14-24/h5-20H,3-4H2,1-2H3. The smallest absolute Gasteiger partial charge is 0.0218 e. The average Bonchev–Trinajstić information content (AvgIpc) is 2.83. The molecule has 0 atom stereocenters. The monoisotopic (exact) mass is 426 g/mol. The van der Waals surface area contributed by atoms with Crippen molar-refractivity contribution in [1.29, 1.82) is 0 Å². The van der Waals surface area contributed by atoms with Crippen LogP contribution in [-0.2, 0) is 12.8 Å². The molecule has 4 aromatic rings. The molecule has 0 nitrogen and oxygen atoms in total. The summed E-state index contributed by atoms with van der Waals surface area (Å²) in [7, 11) is 3.75. The molecule has 0 N–H and O–H groups in total. The van der Waals surface area contributed by atoms with E-state index in [1.165, 1.54) is 43.2 Å². The van der Waals surface area contributed by atoms with Crippen LogP contribution in [0.4, 0.5) is 0 Å². The number of rotatable bonds is 7. The zero-order valence-corrected chi connectivity index (χ0v) is 19.1. The summed E-state index contributed by atoms with van der Waals surface area (Å²) < 4.78 is 0. The van der Waals surface area contributed by atoms with Crippen molar-refractivity contribution in [2.24, 2.45) is 0 Å². The van der Waals surface area contributed by atoms with Crippen LogP contribution in [0.3, 0.4) is 0 Å². The van der Waals surface area contributed by atoms with Crippen molar-refractivity contribution >= 4 is 21.6 Å². The molecule has 0 heterocycles.